The van der Waals surface area contributed by atoms with Crippen molar-refractivity contribution in [1.82, 2.24) is 0 Å². The molecule has 0 heterocycles. The van der Waals surface area contributed by atoms with Gasteiger partial charge in [-0.3, -0.25) is 4.79 Å². The van der Waals surface area contributed by atoms with Gasteiger partial charge in [0.2, 0.25) is 5.91 Å². The van der Waals surface area contributed by atoms with E-state index in [1.807, 2.05) is 38.1 Å². The molecule has 26 heavy (non-hydrogen) atoms. The number of amides is 1. The minimum absolute atomic E-state index is 0.0157. The lowest BCUT2D eigenvalue weighted by atomic mass is 10.1. The number of benzene rings is 2. The molecule has 0 radical (unpaired) electrons. The Morgan fingerprint density at radius 2 is 1.69 bits per heavy atom. The summed E-state index contributed by atoms with van der Waals surface area (Å²) in [6.07, 6.45) is 2.08. The molecule has 2 aromatic rings. The van der Waals surface area contributed by atoms with Crippen molar-refractivity contribution in [2.75, 3.05) is 18.3 Å². The van der Waals surface area contributed by atoms with E-state index in [-0.39, 0.29) is 16.8 Å². The molecular formula is C20H25NO4S. The summed E-state index contributed by atoms with van der Waals surface area (Å²) in [4.78, 5) is 14.7. The summed E-state index contributed by atoms with van der Waals surface area (Å²) >= 11 is 0. The molecule has 0 saturated carbocycles. The van der Waals surface area contributed by atoms with Gasteiger partial charge in [-0.25, -0.2) is 8.42 Å². The third-order valence-electron chi connectivity index (χ3n) is 4.13. The van der Waals surface area contributed by atoms with E-state index in [9.17, 15) is 13.2 Å². The highest BCUT2D eigenvalue weighted by Gasteiger charge is 2.20. The molecule has 2 rings (SSSR count). The zero-order chi connectivity index (χ0) is 19.3. The van der Waals surface area contributed by atoms with Crippen LogP contribution in [0.2, 0.25) is 0 Å². The number of anilines is 1. The van der Waals surface area contributed by atoms with Crippen LogP contribution in [0.15, 0.2) is 53.4 Å². The smallest absolute Gasteiger partial charge is 0.227 e. The fraction of sp³-hybridized carbons (Fsp3) is 0.350. The van der Waals surface area contributed by atoms with E-state index < -0.39 is 9.84 Å². The van der Waals surface area contributed by atoms with Crippen LogP contribution in [0.25, 0.3) is 0 Å². The van der Waals surface area contributed by atoms with E-state index in [2.05, 4.69) is 0 Å². The van der Waals surface area contributed by atoms with Gasteiger partial charge in [-0.1, -0.05) is 18.2 Å². The lowest BCUT2D eigenvalue weighted by molar-refractivity contribution is -0.118. The van der Waals surface area contributed by atoms with E-state index in [1.54, 1.807) is 24.1 Å². The first-order valence-electron chi connectivity index (χ1n) is 8.48. The van der Waals surface area contributed by atoms with Gasteiger partial charge in [0.05, 0.1) is 12.0 Å². The summed E-state index contributed by atoms with van der Waals surface area (Å²) in [6.45, 7) is 3.87. The predicted molar refractivity (Wildman–Crippen MR) is 103 cm³/mol. The Kier molecular flexibility index (Phi) is 6.42. The van der Waals surface area contributed by atoms with Crippen molar-refractivity contribution in [1.29, 1.82) is 0 Å². The zero-order valence-electron chi connectivity index (χ0n) is 15.6. The van der Waals surface area contributed by atoms with Gasteiger partial charge in [-0.2, -0.15) is 0 Å². The van der Waals surface area contributed by atoms with Crippen molar-refractivity contribution in [3.8, 4) is 5.75 Å². The summed E-state index contributed by atoms with van der Waals surface area (Å²) in [6, 6.07) is 14.0. The number of rotatable bonds is 7. The maximum atomic E-state index is 12.8. The Labute approximate surface area is 155 Å². The number of para-hydroxylation sites is 1. The molecule has 1 amide bonds. The second-order valence-electron chi connectivity index (χ2n) is 6.44. The van der Waals surface area contributed by atoms with E-state index in [4.69, 9.17) is 4.74 Å². The average molecular weight is 375 g/mol. The Morgan fingerprint density at radius 1 is 1.08 bits per heavy atom. The summed E-state index contributed by atoms with van der Waals surface area (Å²) in [5.74, 6) is 0.756. The molecule has 0 aliphatic rings. The Bertz CT molecular complexity index is 858. The van der Waals surface area contributed by atoms with Crippen LogP contribution in [0.5, 0.6) is 5.75 Å². The molecule has 6 heteroatoms. The number of methoxy groups -OCH3 is 1. The monoisotopic (exact) mass is 375 g/mol. The molecule has 0 spiro atoms. The van der Waals surface area contributed by atoms with Gasteiger partial charge in [-0.15, -0.1) is 0 Å². The molecule has 0 saturated heterocycles. The minimum atomic E-state index is -3.26. The number of aryl methyl sites for hydroxylation is 1. The topological polar surface area (TPSA) is 63.7 Å². The number of carbonyl (C=O) groups excluding carboxylic acids is 1. The minimum Gasteiger partial charge on any atom is -0.496 e. The number of hydrogen-bond donors (Lipinski definition) is 0. The summed E-state index contributed by atoms with van der Waals surface area (Å²) in [7, 11) is -1.64. The van der Waals surface area contributed by atoms with E-state index in [0.29, 0.717) is 18.5 Å². The molecule has 0 fully saturated rings. The van der Waals surface area contributed by atoms with Crippen LogP contribution in [0, 0.1) is 0 Å². The second-order valence-corrected chi connectivity index (χ2v) is 8.45. The van der Waals surface area contributed by atoms with Crippen LogP contribution in [-0.2, 0) is 21.1 Å². The number of carbonyl (C=O) groups is 1. The molecule has 0 aliphatic carbocycles. The van der Waals surface area contributed by atoms with Crippen molar-refractivity contribution >= 4 is 21.4 Å². The van der Waals surface area contributed by atoms with Crippen LogP contribution in [0.3, 0.4) is 0 Å². The molecule has 0 unspecified atom stereocenters. The second kappa shape index (κ2) is 8.36. The van der Waals surface area contributed by atoms with E-state index in [1.165, 1.54) is 18.4 Å². The van der Waals surface area contributed by atoms with Gasteiger partial charge in [0, 0.05) is 24.4 Å². The quantitative estimate of drug-likeness (QED) is 0.743. The first kappa shape index (κ1) is 20.0. The third kappa shape index (κ3) is 4.85. The maximum Gasteiger partial charge on any atom is 0.227 e. The molecule has 0 atom stereocenters. The van der Waals surface area contributed by atoms with Crippen molar-refractivity contribution < 1.29 is 17.9 Å². The fourth-order valence-electron chi connectivity index (χ4n) is 2.86. The van der Waals surface area contributed by atoms with Crippen LogP contribution >= 0.6 is 0 Å². The van der Waals surface area contributed by atoms with E-state index in [0.717, 1.165) is 11.3 Å². The molecule has 0 aliphatic heterocycles. The average Bonchev–Trinajstić information content (AvgIpc) is 2.59. The predicted octanol–water partition coefficient (Wildman–Crippen LogP) is 3.47. The molecule has 0 N–H and O–H groups in total. The molecule has 5 nitrogen and oxygen atoms in total. The van der Waals surface area contributed by atoms with Crippen LogP contribution < -0.4 is 9.64 Å². The highest BCUT2D eigenvalue weighted by molar-refractivity contribution is 7.90. The highest BCUT2D eigenvalue weighted by atomic mass is 32.2. The number of ether oxygens (including phenoxy) is 1. The Balaban J connectivity index is 2.17. The fourth-order valence-corrected chi connectivity index (χ4v) is 3.49. The van der Waals surface area contributed by atoms with Crippen molar-refractivity contribution in [2.45, 2.75) is 37.6 Å². The third-order valence-corrected chi connectivity index (χ3v) is 5.26. The molecule has 0 aromatic heterocycles. The zero-order valence-corrected chi connectivity index (χ0v) is 16.4. The van der Waals surface area contributed by atoms with Gasteiger partial charge < -0.3 is 9.64 Å². The SMILES string of the molecule is COc1ccccc1CCC(=O)N(c1ccc(S(C)(=O)=O)cc1)C(C)C. The van der Waals surface area contributed by atoms with Crippen molar-refractivity contribution in [2.24, 2.45) is 0 Å². The molecule has 0 bridgehead atoms. The standard InChI is InChI=1S/C20H25NO4S/c1-15(2)21(17-10-12-18(13-11-17)26(4,23)24)20(22)14-9-16-7-5-6-8-19(16)25-3/h5-8,10-13,15H,9,14H2,1-4H3. The van der Waals surface area contributed by atoms with Gasteiger partial charge in [0.1, 0.15) is 5.75 Å². The highest BCUT2D eigenvalue weighted by Crippen LogP contribution is 2.23. The van der Waals surface area contributed by atoms with Gasteiger partial charge in [0.15, 0.2) is 9.84 Å². The van der Waals surface area contributed by atoms with Gasteiger partial charge >= 0.3 is 0 Å². The number of nitrogens with zero attached hydrogens (tertiary/aromatic N) is 1. The molecule has 2 aromatic carbocycles. The summed E-state index contributed by atoms with van der Waals surface area (Å²) < 4.78 is 28.6. The van der Waals surface area contributed by atoms with Crippen LogP contribution in [0.1, 0.15) is 25.8 Å². The lowest BCUT2D eigenvalue weighted by Crippen LogP contribution is -2.37. The number of sulfone groups is 1. The number of hydrogen-bond acceptors (Lipinski definition) is 4. The summed E-state index contributed by atoms with van der Waals surface area (Å²) in [5.41, 5.74) is 1.68. The van der Waals surface area contributed by atoms with Crippen LogP contribution in [0.4, 0.5) is 5.69 Å². The maximum absolute atomic E-state index is 12.8. The van der Waals surface area contributed by atoms with Crippen molar-refractivity contribution in [3.05, 3.63) is 54.1 Å². The van der Waals surface area contributed by atoms with Crippen LogP contribution in [-0.4, -0.2) is 33.7 Å². The Hall–Kier alpha value is -2.34. The normalized spacial score (nSPS) is 11.4. The summed E-state index contributed by atoms with van der Waals surface area (Å²) in [5, 5.41) is 0. The largest absolute Gasteiger partial charge is 0.496 e. The van der Waals surface area contributed by atoms with Gasteiger partial charge in [0.25, 0.3) is 0 Å². The Morgan fingerprint density at radius 3 is 2.23 bits per heavy atom. The van der Waals surface area contributed by atoms with Gasteiger partial charge in [-0.05, 0) is 56.2 Å². The molecule has 140 valence electrons. The first-order valence-corrected chi connectivity index (χ1v) is 10.4. The first-order chi connectivity index (χ1) is 12.2. The lowest BCUT2D eigenvalue weighted by Gasteiger charge is -2.27. The van der Waals surface area contributed by atoms with Crippen molar-refractivity contribution in [3.63, 3.8) is 0 Å². The molecular weight excluding hydrogens is 350 g/mol. The van der Waals surface area contributed by atoms with E-state index >= 15 is 0 Å².